The van der Waals surface area contributed by atoms with Crippen LogP contribution in [0.15, 0.2) is 18.2 Å². The van der Waals surface area contributed by atoms with E-state index in [-0.39, 0.29) is 24.0 Å². The zero-order valence-electron chi connectivity index (χ0n) is 10.4. The number of halogens is 2. The quantitative estimate of drug-likeness (QED) is 0.897. The summed E-state index contributed by atoms with van der Waals surface area (Å²) >= 11 is 0. The zero-order valence-corrected chi connectivity index (χ0v) is 10.4. The van der Waals surface area contributed by atoms with Gasteiger partial charge in [0.25, 0.3) is 0 Å². The van der Waals surface area contributed by atoms with Crippen LogP contribution >= 0.6 is 0 Å². The van der Waals surface area contributed by atoms with Gasteiger partial charge in [-0.05, 0) is 36.6 Å². The van der Waals surface area contributed by atoms with Crippen LogP contribution in [0.2, 0.25) is 0 Å². The lowest BCUT2D eigenvalue weighted by molar-refractivity contribution is 0.0314. The fourth-order valence-electron chi connectivity index (χ4n) is 2.60. The highest BCUT2D eigenvalue weighted by Gasteiger charge is 2.32. The van der Waals surface area contributed by atoms with Crippen LogP contribution in [-0.2, 0) is 11.2 Å². The fourth-order valence-corrected chi connectivity index (χ4v) is 2.60. The molecular formula is C14H18F2O2. The maximum atomic E-state index is 13.5. The number of hydrogen-bond acceptors (Lipinski definition) is 2. The first-order chi connectivity index (χ1) is 8.61. The van der Waals surface area contributed by atoms with E-state index < -0.39 is 17.7 Å². The van der Waals surface area contributed by atoms with Gasteiger partial charge >= 0.3 is 0 Å². The van der Waals surface area contributed by atoms with Crippen LogP contribution in [0.25, 0.3) is 0 Å². The first kappa shape index (κ1) is 13.4. The van der Waals surface area contributed by atoms with E-state index in [1.54, 1.807) is 0 Å². The molecule has 2 rings (SSSR count). The Morgan fingerprint density at radius 3 is 2.94 bits per heavy atom. The molecule has 1 aliphatic rings. The van der Waals surface area contributed by atoms with Crippen LogP contribution in [0.5, 0.6) is 0 Å². The molecule has 1 aliphatic heterocycles. The Balaban J connectivity index is 2.06. The summed E-state index contributed by atoms with van der Waals surface area (Å²) in [5.41, 5.74) is 0.226. The predicted octanol–water partition coefficient (Wildman–Crippen LogP) is 2.68. The van der Waals surface area contributed by atoms with Gasteiger partial charge in [0.1, 0.15) is 11.6 Å². The third-order valence-electron chi connectivity index (χ3n) is 3.59. The van der Waals surface area contributed by atoms with Crippen LogP contribution in [0.1, 0.15) is 25.3 Å². The Labute approximate surface area is 106 Å². The molecule has 0 aromatic heterocycles. The van der Waals surface area contributed by atoms with Gasteiger partial charge in [-0.25, -0.2) is 8.78 Å². The van der Waals surface area contributed by atoms with Crippen molar-refractivity contribution < 1.29 is 18.6 Å². The normalized spacial score (nSPS) is 25.3. The van der Waals surface area contributed by atoms with Crippen molar-refractivity contribution in [3.05, 3.63) is 35.4 Å². The molecule has 3 atom stereocenters. The van der Waals surface area contributed by atoms with Crippen molar-refractivity contribution in [3.8, 4) is 0 Å². The summed E-state index contributed by atoms with van der Waals surface area (Å²) in [4.78, 5) is 0. The maximum Gasteiger partial charge on any atom is 0.126 e. The summed E-state index contributed by atoms with van der Waals surface area (Å²) < 4.78 is 32.0. The van der Waals surface area contributed by atoms with Gasteiger partial charge in [-0.15, -0.1) is 0 Å². The topological polar surface area (TPSA) is 29.5 Å². The zero-order chi connectivity index (χ0) is 13.1. The minimum absolute atomic E-state index is 0.0117. The van der Waals surface area contributed by atoms with Crippen LogP contribution < -0.4 is 0 Å². The molecule has 1 aromatic rings. The largest absolute Gasteiger partial charge is 0.392 e. The molecule has 3 unspecified atom stereocenters. The molecule has 1 fully saturated rings. The first-order valence-electron chi connectivity index (χ1n) is 6.35. The molecule has 100 valence electrons. The van der Waals surface area contributed by atoms with Crippen molar-refractivity contribution in [2.45, 2.75) is 38.4 Å². The molecule has 0 aliphatic carbocycles. The van der Waals surface area contributed by atoms with Crippen molar-refractivity contribution in [1.82, 2.24) is 0 Å². The molecule has 1 aromatic carbocycles. The summed E-state index contributed by atoms with van der Waals surface area (Å²) in [6, 6.07) is 3.33. The number of ether oxygens (including phenoxy) is 1. The molecule has 18 heavy (non-hydrogen) atoms. The third kappa shape index (κ3) is 2.87. The van der Waals surface area contributed by atoms with Crippen molar-refractivity contribution in [3.63, 3.8) is 0 Å². The average Bonchev–Trinajstić information content (AvgIpc) is 2.82. The molecule has 0 spiro atoms. The monoisotopic (exact) mass is 256 g/mol. The molecule has 1 N–H and O–H groups in total. The first-order valence-corrected chi connectivity index (χ1v) is 6.35. The van der Waals surface area contributed by atoms with E-state index in [4.69, 9.17) is 4.74 Å². The van der Waals surface area contributed by atoms with Crippen molar-refractivity contribution >= 4 is 0 Å². The predicted molar refractivity (Wildman–Crippen MR) is 64.2 cm³/mol. The lowest BCUT2D eigenvalue weighted by Gasteiger charge is -2.22. The molecule has 1 heterocycles. The molecule has 1 saturated heterocycles. The minimum atomic E-state index is -0.686. The molecule has 0 bridgehead atoms. The average molecular weight is 256 g/mol. The van der Waals surface area contributed by atoms with Crippen LogP contribution in [0, 0.1) is 17.6 Å². The summed E-state index contributed by atoms with van der Waals surface area (Å²) in [6.45, 7) is 2.63. The van der Waals surface area contributed by atoms with Gasteiger partial charge in [-0.2, -0.15) is 0 Å². The van der Waals surface area contributed by atoms with Gasteiger partial charge in [0.05, 0.1) is 12.2 Å². The van der Waals surface area contributed by atoms with Crippen molar-refractivity contribution in [2.75, 3.05) is 6.61 Å². The van der Waals surface area contributed by atoms with E-state index in [1.165, 1.54) is 0 Å². The van der Waals surface area contributed by atoms with E-state index in [1.807, 2.05) is 6.92 Å². The molecule has 4 heteroatoms. The second kappa shape index (κ2) is 5.76. The molecule has 0 amide bonds. The highest BCUT2D eigenvalue weighted by Crippen LogP contribution is 2.28. The second-order valence-corrected chi connectivity index (χ2v) is 4.78. The van der Waals surface area contributed by atoms with Gasteiger partial charge in [0.15, 0.2) is 0 Å². The summed E-state index contributed by atoms with van der Waals surface area (Å²) in [5, 5.41) is 10.2. The van der Waals surface area contributed by atoms with Gasteiger partial charge < -0.3 is 9.84 Å². The van der Waals surface area contributed by atoms with Gasteiger partial charge in [-0.1, -0.05) is 6.92 Å². The van der Waals surface area contributed by atoms with Crippen molar-refractivity contribution in [1.29, 1.82) is 0 Å². The second-order valence-electron chi connectivity index (χ2n) is 4.78. The van der Waals surface area contributed by atoms with Crippen LogP contribution in [0.4, 0.5) is 8.78 Å². The Kier molecular flexibility index (Phi) is 4.30. The number of benzene rings is 1. The number of aliphatic hydroxyl groups excluding tert-OH is 1. The summed E-state index contributed by atoms with van der Waals surface area (Å²) in [6.07, 6.45) is 1.07. The SMILES string of the molecule is CCC1OCCC1C(O)Cc1cc(F)ccc1F. The van der Waals surface area contributed by atoms with E-state index in [0.717, 1.165) is 31.0 Å². The highest BCUT2D eigenvalue weighted by atomic mass is 19.1. The van der Waals surface area contributed by atoms with Gasteiger partial charge in [0.2, 0.25) is 0 Å². The van der Waals surface area contributed by atoms with Crippen molar-refractivity contribution in [2.24, 2.45) is 5.92 Å². The van der Waals surface area contributed by atoms with E-state index in [0.29, 0.717) is 6.61 Å². The Bertz CT molecular complexity index is 409. The lowest BCUT2D eigenvalue weighted by Crippen LogP contribution is -2.29. The molecule has 0 radical (unpaired) electrons. The van der Waals surface area contributed by atoms with Crippen LogP contribution in [0.3, 0.4) is 0 Å². The highest BCUT2D eigenvalue weighted by molar-refractivity contribution is 5.19. The van der Waals surface area contributed by atoms with E-state index in [2.05, 4.69) is 0 Å². The molecular weight excluding hydrogens is 238 g/mol. The van der Waals surface area contributed by atoms with E-state index >= 15 is 0 Å². The summed E-state index contributed by atoms with van der Waals surface area (Å²) in [5.74, 6) is -0.937. The number of hydrogen-bond donors (Lipinski definition) is 1. The molecule has 0 saturated carbocycles. The Morgan fingerprint density at radius 2 is 2.22 bits per heavy atom. The molecule has 2 nitrogen and oxygen atoms in total. The van der Waals surface area contributed by atoms with E-state index in [9.17, 15) is 13.9 Å². The third-order valence-corrected chi connectivity index (χ3v) is 3.59. The minimum Gasteiger partial charge on any atom is -0.392 e. The maximum absolute atomic E-state index is 13.5. The van der Waals surface area contributed by atoms with Gasteiger partial charge in [-0.3, -0.25) is 0 Å². The number of rotatable bonds is 4. The Morgan fingerprint density at radius 1 is 1.44 bits per heavy atom. The summed E-state index contributed by atoms with van der Waals surface area (Å²) in [7, 11) is 0. The Hall–Kier alpha value is -1.00. The van der Waals surface area contributed by atoms with Crippen LogP contribution in [-0.4, -0.2) is 23.9 Å². The number of aliphatic hydroxyl groups is 1. The van der Waals surface area contributed by atoms with Gasteiger partial charge in [0, 0.05) is 18.9 Å². The smallest absolute Gasteiger partial charge is 0.126 e. The standard InChI is InChI=1S/C14H18F2O2/c1-2-14-11(5-6-18-14)13(17)8-9-7-10(15)3-4-12(9)16/h3-4,7,11,13-14,17H,2,5-6,8H2,1H3. The fraction of sp³-hybridized carbons (Fsp3) is 0.571. The lowest BCUT2D eigenvalue weighted by atomic mass is 9.89.